The lowest BCUT2D eigenvalue weighted by Gasteiger charge is -2.08. The maximum atomic E-state index is 10.8. The summed E-state index contributed by atoms with van der Waals surface area (Å²) in [7, 11) is 0. The molecule has 0 amide bonds. The molecule has 0 saturated heterocycles. The lowest BCUT2D eigenvalue weighted by molar-refractivity contribution is -0.384. The summed E-state index contributed by atoms with van der Waals surface area (Å²) in [6.45, 7) is 0. The van der Waals surface area contributed by atoms with E-state index in [-0.39, 0.29) is 5.69 Å². The SMILES string of the molecule is N#Cc1cc([N+](=O)[O-])ccc1Cc1ccc(Oc2ccccc2)cc1. The third-order valence-electron chi connectivity index (χ3n) is 3.72. The monoisotopic (exact) mass is 330 g/mol. The van der Waals surface area contributed by atoms with Gasteiger partial charge in [-0.15, -0.1) is 0 Å². The van der Waals surface area contributed by atoms with Crippen LogP contribution in [-0.2, 0) is 6.42 Å². The Balaban J connectivity index is 1.75. The van der Waals surface area contributed by atoms with Gasteiger partial charge in [-0.2, -0.15) is 5.26 Å². The van der Waals surface area contributed by atoms with Crippen molar-refractivity contribution in [1.29, 1.82) is 5.26 Å². The van der Waals surface area contributed by atoms with E-state index < -0.39 is 4.92 Å². The summed E-state index contributed by atoms with van der Waals surface area (Å²) in [5, 5.41) is 20.0. The zero-order valence-corrected chi connectivity index (χ0v) is 13.3. The van der Waals surface area contributed by atoms with Crippen molar-refractivity contribution in [2.75, 3.05) is 0 Å². The molecule has 0 radical (unpaired) electrons. The Kier molecular flexibility index (Phi) is 4.72. The predicted octanol–water partition coefficient (Wildman–Crippen LogP) is 4.85. The number of nitrogens with zero attached hydrogens (tertiary/aromatic N) is 2. The van der Waals surface area contributed by atoms with E-state index in [4.69, 9.17) is 4.74 Å². The van der Waals surface area contributed by atoms with Gasteiger partial charge in [-0.3, -0.25) is 10.1 Å². The molecule has 0 spiro atoms. The zero-order valence-electron chi connectivity index (χ0n) is 13.3. The Bertz CT molecular complexity index is 929. The average molecular weight is 330 g/mol. The van der Waals surface area contributed by atoms with Gasteiger partial charge in [-0.25, -0.2) is 0 Å². The van der Waals surface area contributed by atoms with Crippen molar-refractivity contribution in [3.8, 4) is 17.6 Å². The molecule has 3 aromatic rings. The van der Waals surface area contributed by atoms with E-state index in [2.05, 4.69) is 0 Å². The van der Waals surface area contributed by atoms with Gasteiger partial charge in [0, 0.05) is 12.1 Å². The molecule has 0 N–H and O–H groups in total. The molecule has 0 aromatic heterocycles. The molecule has 5 heteroatoms. The maximum Gasteiger partial charge on any atom is 0.270 e. The van der Waals surface area contributed by atoms with Crippen LogP contribution in [0.3, 0.4) is 0 Å². The van der Waals surface area contributed by atoms with Crippen molar-refractivity contribution in [2.24, 2.45) is 0 Å². The quantitative estimate of drug-likeness (QED) is 0.495. The molecular weight excluding hydrogens is 316 g/mol. The fourth-order valence-corrected chi connectivity index (χ4v) is 2.46. The number of non-ortho nitro benzene ring substituents is 1. The van der Waals surface area contributed by atoms with Crippen molar-refractivity contribution in [3.63, 3.8) is 0 Å². The predicted molar refractivity (Wildman–Crippen MR) is 93.6 cm³/mol. The summed E-state index contributed by atoms with van der Waals surface area (Å²) in [6, 6.07) is 23.4. The second-order valence-corrected chi connectivity index (χ2v) is 5.45. The average Bonchev–Trinajstić information content (AvgIpc) is 2.64. The Morgan fingerprint density at radius 3 is 2.28 bits per heavy atom. The zero-order chi connectivity index (χ0) is 17.6. The van der Waals surface area contributed by atoms with Crippen LogP contribution in [-0.4, -0.2) is 4.92 Å². The highest BCUT2D eigenvalue weighted by Gasteiger charge is 2.11. The first-order valence-electron chi connectivity index (χ1n) is 7.65. The number of rotatable bonds is 5. The molecule has 5 nitrogen and oxygen atoms in total. The molecule has 0 bridgehead atoms. The van der Waals surface area contributed by atoms with E-state index >= 15 is 0 Å². The molecule has 3 rings (SSSR count). The summed E-state index contributed by atoms with van der Waals surface area (Å²) in [5.41, 5.74) is 1.99. The van der Waals surface area contributed by atoms with Crippen molar-refractivity contribution in [2.45, 2.75) is 6.42 Å². The largest absolute Gasteiger partial charge is 0.457 e. The molecule has 0 aliphatic carbocycles. The molecule has 0 aliphatic rings. The molecular formula is C20H14N2O3. The summed E-state index contributed by atoms with van der Waals surface area (Å²) >= 11 is 0. The van der Waals surface area contributed by atoms with Crippen LogP contribution in [0, 0.1) is 21.4 Å². The smallest absolute Gasteiger partial charge is 0.270 e. The Hall–Kier alpha value is -3.65. The van der Waals surface area contributed by atoms with Gasteiger partial charge in [0.1, 0.15) is 11.5 Å². The Morgan fingerprint density at radius 1 is 0.960 bits per heavy atom. The molecule has 25 heavy (non-hydrogen) atoms. The van der Waals surface area contributed by atoms with Crippen LogP contribution in [0.15, 0.2) is 72.8 Å². The van der Waals surface area contributed by atoms with Crippen LogP contribution >= 0.6 is 0 Å². The number of nitriles is 1. The van der Waals surface area contributed by atoms with Gasteiger partial charge in [0.05, 0.1) is 16.6 Å². The van der Waals surface area contributed by atoms with E-state index in [0.717, 1.165) is 22.6 Å². The van der Waals surface area contributed by atoms with E-state index in [1.165, 1.54) is 12.1 Å². The normalized spacial score (nSPS) is 10.0. The molecule has 0 unspecified atom stereocenters. The van der Waals surface area contributed by atoms with Crippen LogP contribution in [0.1, 0.15) is 16.7 Å². The summed E-state index contributed by atoms with van der Waals surface area (Å²) in [5.74, 6) is 1.48. The number of nitro groups is 1. The third-order valence-corrected chi connectivity index (χ3v) is 3.72. The molecule has 3 aromatic carbocycles. The summed E-state index contributed by atoms with van der Waals surface area (Å²) in [6.07, 6.45) is 0.520. The second kappa shape index (κ2) is 7.28. The highest BCUT2D eigenvalue weighted by atomic mass is 16.6. The fourth-order valence-electron chi connectivity index (χ4n) is 2.46. The number of ether oxygens (including phenoxy) is 1. The van der Waals surface area contributed by atoms with Crippen LogP contribution < -0.4 is 4.74 Å². The number of hydrogen-bond donors (Lipinski definition) is 0. The molecule has 122 valence electrons. The number of benzene rings is 3. The lowest BCUT2D eigenvalue weighted by Crippen LogP contribution is -1.95. The van der Waals surface area contributed by atoms with Crippen molar-refractivity contribution >= 4 is 5.69 Å². The first-order chi connectivity index (χ1) is 12.2. The highest BCUT2D eigenvalue weighted by molar-refractivity contribution is 5.48. The topological polar surface area (TPSA) is 76.2 Å². The van der Waals surface area contributed by atoms with Gasteiger partial charge in [0.25, 0.3) is 5.69 Å². The van der Waals surface area contributed by atoms with Crippen molar-refractivity contribution in [1.82, 2.24) is 0 Å². The van der Waals surface area contributed by atoms with E-state index in [0.29, 0.717) is 12.0 Å². The van der Waals surface area contributed by atoms with Crippen LogP contribution in [0.2, 0.25) is 0 Å². The lowest BCUT2D eigenvalue weighted by atomic mass is 10.00. The van der Waals surface area contributed by atoms with Gasteiger partial charge in [0.15, 0.2) is 0 Å². The van der Waals surface area contributed by atoms with Gasteiger partial charge < -0.3 is 4.74 Å². The number of hydrogen-bond acceptors (Lipinski definition) is 4. The molecule has 0 fully saturated rings. The first kappa shape index (κ1) is 16.2. The number of para-hydroxylation sites is 1. The van der Waals surface area contributed by atoms with E-state index in [1.807, 2.05) is 60.7 Å². The van der Waals surface area contributed by atoms with Gasteiger partial charge >= 0.3 is 0 Å². The minimum atomic E-state index is -0.500. The Labute approximate surface area is 144 Å². The van der Waals surface area contributed by atoms with Crippen molar-refractivity contribution in [3.05, 3.63) is 99.6 Å². The van der Waals surface area contributed by atoms with Gasteiger partial charge in [-0.1, -0.05) is 36.4 Å². The highest BCUT2D eigenvalue weighted by Crippen LogP contribution is 2.24. The minimum Gasteiger partial charge on any atom is -0.457 e. The first-order valence-corrected chi connectivity index (χ1v) is 7.65. The van der Waals surface area contributed by atoms with Crippen LogP contribution in [0.25, 0.3) is 0 Å². The maximum absolute atomic E-state index is 10.8. The van der Waals surface area contributed by atoms with Crippen LogP contribution in [0.4, 0.5) is 5.69 Å². The van der Waals surface area contributed by atoms with Gasteiger partial charge in [-0.05, 0) is 41.8 Å². The summed E-state index contributed by atoms with van der Waals surface area (Å²) < 4.78 is 5.74. The van der Waals surface area contributed by atoms with Gasteiger partial charge in [0.2, 0.25) is 0 Å². The third kappa shape index (κ3) is 4.01. The molecule has 0 heterocycles. The standard InChI is InChI=1S/C20H14N2O3/c21-14-17-13-18(22(23)24)9-8-16(17)12-15-6-10-20(11-7-15)25-19-4-2-1-3-5-19/h1-11,13H,12H2. The fraction of sp³-hybridized carbons (Fsp3) is 0.0500. The molecule has 0 atom stereocenters. The molecule has 0 aliphatic heterocycles. The summed E-state index contributed by atoms with van der Waals surface area (Å²) in [4.78, 5) is 10.3. The van der Waals surface area contributed by atoms with E-state index in [1.54, 1.807) is 6.07 Å². The minimum absolute atomic E-state index is 0.0769. The second-order valence-electron chi connectivity index (χ2n) is 5.45. The Morgan fingerprint density at radius 2 is 1.64 bits per heavy atom. The van der Waals surface area contributed by atoms with E-state index in [9.17, 15) is 15.4 Å². The molecule has 0 saturated carbocycles. The number of nitro benzene ring substituents is 1. The van der Waals surface area contributed by atoms with Crippen molar-refractivity contribution < 1.29 is 9.66 Å². The van der Waals surface area contributed by atoms with Crippen LogP contribution in [0.5, 0.6) is 11.5 Å².